The van der Waals surface area contributed by atoms with Crippen molar-refractivity contribution in [3.63, 3.8) is 0 Å². The number of aromatic nitrogens is 4. The van der Waals surface area contributed by atoms with Crippen LogP contribution in [0.25, 0.3) is 33.9 Å². The molecule has 1 N–H and O–H groups in total. The zero-order chi connectivity index (χ0) is 25.4. The molecule has 0 fully saturated rings. The molecule has 1 amide bonds. The minimum absolute atomic E-state index is 0.0492. The summed E-state index contributed by atoms with van der Waals surface area (Å²) in [5, 5.41) is 7.43. The first-order valence-corrected chi connectivity index (χ1v) is 11.6. The maximum Gasteiger partial charge on any atom is 0.263 e. The molecular weight excluding hydrogens is 454 g/mol. The van der Waals surface area contributed by atoms with Gasteiger partial charge in [0.1, 0.15) is 17.8 Å². The molecule has 0 aliphatic heterocycles. The van der Waals surface area contributed by atoms with E-state index in [4.69, 9.17) is 4.52 Å². The van der Waals surface area contributed by atoms with Crippen LogP contribution < -0.4 is 10.7 Å². The van der Waals surface area contributed by atoms with Gasteiger partial charge in [-0.25, -0.2) is 4.98 Å². The Morgan fingerprint density at radius 3 is 2.50 bits per heavy atom. The Bertz CT molecular complexity index is 1680. The lowest BCUT2D eigenvalue weighted by molar-refractivity contribution is -0.116. The highest BCUT2D eigenvalue weighted by Crippen LogP contribution is 2.24. The van der Waals surface area contributed by atoms with Gasteiger partial charge in [-0.15, -0.1) is 0 Å². The molecule has 0 aliphatic carbocycles. The van der Waals surface area contributed by atoms with Crippen molar-refractivity contribution in [2.24, 2.45) is 0 Å². The predicted molar refractivity (Wildman–Crippen MR) is 139 cm³/mol. The van der Waals surface area contributed by atoms with Crippen LogP contribution in [-0.2, 0) is 11.3 Å². The average Bonchev–Trinajstić information content (AvgIpc) is 3.34. The number of carbonyl (C=O) groups excluding carboxylic acids is 1. The summed E-state index contributed by atoms with van der Waals surface area (Å²) >= 11 is 0. The van der Waals surface area contributed by atoms with E-state index in [1.807, 2.05) is 70.2 Å². The number of carbonyl (C=O) groups is 1. The van der Waals surface area contributed by atoms with Gasteiger partial charge in [0.25, 0.3) is 5.89 Å². The standard InChI is InChI=1S/C28H25N5O3/c1-16-9-7-11-23(19(16)4)30-24(34)15-33-14-22(25(35)21-13-12-18(3)29-27(21)33)28-31-26(32-36-28)20-10-6-5-8-17(20)2/h5-14H,15H2,1-4H3,(H,30,34). The topological polar surface area (TPSA) is 103 Å². The fourth-order valence-electron chi connectivity index (χ4n) is 4.13. The number of hydrogen-bond donors (Lipinski definition) is 1. The molecule has 0 atom stereocenters. The second-order valence-electron chi connectivity index (χ2n) is 8.86. The van der Waals surface area contributed by atoms with E-state index in [9.17, 15) is 9.59 Å². The molecule has 5 aromatic rings. The van der Waals surface area contributed by atoms with Crippen molar-refractivity contribution in [1.82, 2.24) is 19.7 Å². The monoisotopic (exact) mass is 479 g/mol. The Morgan fingerprint density at radius 1 is 0.917 bits per heavy atom. The Labute approximate surface area is 207 Å². The Balaban J connectivity index is 1.57. The summed E-state index contributed by atoms with van der Waals surface area (Å²) in [5.74, 6) is 0.238. The summed E-state index contributed by atoms with van der Waals surface area (Å²) in [6.07, 6.45) is 1.56. The van der Waals surface area contributed by atoms with Crippen molar-refractivity contribution < 1.29 is 9.32 Å². The van der Waals surface area contributed by atoms with E-state index in [2.05, 4.69) is 20.4 Å². The van der Waals surface area contributed by atoms with E-state index in [0.717, 1.165) is 33.6 Å². The molecule has 0 unspecified atom stereocenters. The fraction of sp³-hybridized carbons (Fsp3) is 0.179. The maximum absolute atomic E-state index is 13.4. The number of fused-ring (bicyclic) bond motifs is 1. The number of anilines is 1. The Kier molecular flexibility index (Phi) is 5.93. The molecule has 8 nitrogen and oxygen atoms in total. The van der Waals surface area contributed by atoms with Gasteiger partial charge in [0.2, 0.25) is 17.2 Å². The van der Waals surface area contributed by atoms with Gasteiger partial charge in [0, 0.05) is 23.1 Å². The highest BCUT2D eigenvalue weighted by atomic mass is 16.5. The normalized spacial score (nSPS) is 11.1. The quantitative estimate of drug-likeness (QED) is 0.381. The van der Waals surface area contributed by atoms with E-state index >= 15 is 0 Å². The molecule has 0 aliphatic rings. The highest BCUT2D eigenvalue weighted by molar-refractivity contribution is 5.92. The van der Waals surface area contributed by atoms with E-state index in [1.165, 1.54) is 0 Å². The van der Waals surface area contributed by atoms with E-state index in [0.29, 0.717) is 16.9 Å². The molecule has 36 heavy (non-hydrogen) atoms. The van der Waals surface area contributed by atoms with Crippen molar-refractivity contribution >= 4 is 22.6 Å². The molecule has 3 aromatic heterocycles. The van der Waals surface area contributed by atoms with E-state index in [1.54, 1.807) is 22.9 Å². The molecule has 5 rings (SSSR count). The van der Waals surface area contributed by atoms with Gasteiger partial charge < -0.3 is 14.4 Å². The summed E-state index contributed by atoms with van der Waals surface area (Å²) in [7, 11) is 0. The minimum atomic E-state index is -0.288. The van der Waals surface area contributed by atoms with Gasteiger partial charge in [0.05, 0.1) is 5.39 Å². The Hall–Kier alpha value is -4.59. The first kappa shape index (κ1) is 23.2. The van der Waals surface area contributed by atoms with Gasteiger partial charge >= 0.3 is 0 Å². The molecule has 8 heteroatoms. The minimum Gasteiger partial charge on any atom is -0.333 e. The third kappa shape index (κ3) is 4.29. The van der Waals surface area contributed by atoms with E-state index in [-0.39, 0.29) is 29.3 Å². The summed E-state index contributed by atoms with van der Waals surface area (Å²) in [4.78, 5) is 35.5. The molecular formula is C28H25N5O3. The lowest BCUT2D eigenvalue weighted by atomic mass is 10.1. The highest BCUT2D eigenvalue weighted by Gasteiger charge is 2.20. The van der Waals surface area contributed by atoms with Crippen LogP contribution >= 0.6 is 0 Å². The summed E-state index contributed by atoms with van der Waals surface area (Å²) in [5.41, 5.74) is 5.71. The van der Waals surface area contributed by atoms with E-state index < -0.39 is 0 Å². The SMILES string of the molecule is Cc1ccc2c(=O)c(-c3nc(-c4ccccc4C)no3)cn(CC(=O)Nc3cccc(C)c3C)c2n1. The Morgan fingerprint density at radius 2 is 1.69 bits per heavy atom. The van der Waals surface area contributed by atoms with Crippen molar-refractivity contribution in [2.45, 2.75) is 34.2 Å². The van der Waals surface area contributed by atoms with Crippen LogP contribution in [0.4, 0.5) is 5.69 Å². The molecule has 0 saturated carbocycles. The second kappa shape index (κ2) is 9.22. The van der Waals surface area contributed by atoms with Gasteiger partial charge in [0.15, 0.2) is 0 Å². The van der Waals surface area contributed by atoms with Gasteiger partial charge in [-0.05, 0) is 62.6 Å². The molecule has 0 spiro atoms. The number of nitrogens with one attached hydrogen (secondary N) is 1. The number of hydrogen-bond acceptors (Lipinski definition) is 6. The number of rotatable bonds is 5. The van der Waals surface area contributed by atoms with Crippen molar-refractivity contribution in [2.75, 3.05) is 5.32 Å². The molecule has 0 bridgehead atoms. The predicted octanol–water partition coefficient (Wildman–Crippen LogP) is 4.99. The number of pyridine rings is 2. The molecule has 0 saturated heterocycles. The molecule has 180 valence electrons. The number of aryl methyl sites for hydroxylation is 3. The van der Waals surface area contributed by atoms with Gasteiger partial charge in [-0.2, -0.15) is 4.98 Å². The van der Waals surface area contributed by atoms with Crippen LogP contribution in [0.1, 0.15) is 22.4 Å². The number of nitrogens with zero attached hydrogens (tertiary/aromatic N) is 4. The van der Waals surface area contributed by atoms with Gasteiger partial charge in [-0.1, -0.05) is 41.6 Å². The zero-order valence-electron chi connectivity index (χ0n) is 20.5. The second-order valence-corrected chi connectivity index (χ2v) is 8.86. The lowest BCUT2D eigenvalue weighted by Crippen LogP contribution is -2.22. The first-order chi connectivity index (χ1) is 17.3. The third-order valence-electron chi connectivity index (χ3n) is 6.30. The zero-order valence-corrected chi connectivity index (χ0v) is 20.5. The fourth-order valence-corrected chi connectivity index (χ4v) is 4.13. The number of amides is 1. The molecule has 0 radical (unpaired) electrons. The van der Waals surface area contributed by atoms with Crippen LogP contribution in [0.5, 0.6) is 0 Å². The summed E-state index contributed by atoms with van der Waals surface area (Å²) in [6.45, 7) is 7.70. The smallest absolute Gasteiger partial charge is 0.263 e. The maximum atomic E-state index is 13.4. The van der Waals surface area contributed by atoms with Crippen LogP contribution in [0.15, 0.2) is 70.1 Å². The number of benzene rings is 2. The van der Waals surface area contributed by atoms with Crippen LogP contribution in [0.3, 0.4) is 0 Å². The van der Waals surface area contributed by atoms with Crippen molar-refractivity contribution in [3.05, 3.63) is 93.4 Å². The first-order valence-electron chi connectivity index (χ1n) is 11.6. The largest absolute Gasteiger partial charge is 0.333 e. The van der Waals surface area contributed by atoms with Crippen molar-refractivity contribution in [3.8, 4) is 22.8 Å². The van der Waals surface area contributed by atoms with Gasteiger partial charge in [-0.3, -0.25) is 9.59 Å². The molecule has 2 aromatic carbocycles. The van der Waals surface area contributed by atoms with Crippen molar-refractivity contribution in [1.29, 1.82) is 0 Å². The lowest BCUT2D eigenvalue weighted by Gasteiger charge is -2.14. The molecule has 3 heterocycles. The summed E-state index contributed by atoms with van der Waals surface area (Å²) < 4.78 is 7.15. The van der Waals surface area contributed by atoms with Crippen LogP contribution in [0.2, 0.25) is 0 Å². The van der Waals surface area contributed by atoms with Crippen LogP contribution in [-0.4, -0.2) is 25.6 Å². The summed E-state index contributed by atoms with van der Waals surface area (Å²) in [6, 6.07) is 16.9. The third-order valence-corrected chi connectivity index (χ3v) is 6.30. The average molecular weight is 480 g/mol. The van der Waals surface area contributed by atoms with Crippen LogP contribution in [0, 0.1) is 27.7 Å².